The lowest BCUT2D eigenvalue weighted by Crippen LogP contribution is -2.48. The molecule has 0 amide bonds. The maximum Gasteiger partial charge on any atom is 0.119 e. The molecule has 0 aromatic heterocycles. The highest BCUT2D eigenvalue weighted by Gasteiger charge is 2.28. The van der Waals surface area contributed by atoms with E-state index < -0.39 is 0 Å². The summed E-state index contributed by atoms with van der Waals surface area (Å²) in [6.45, 7) is 9.40. The van der Waals surface area contributed by atoms with Gasteiger partial charge in [-0.2, -0.15) is 0 Å². The van der Waals surface area contributed by atoms with Gasteiger partial charge in [-0.25, -0.2) is 0 Å². The Balaban J connectivity index is 2.10. The molecule has 3 atom stereocenters. The van der Waals surface area contributed by atoms with Gasteiger partial charge < -0.3 is 15.2 Å². The zero-order valence-electron chi connectivity index (χ0n) is 12.7. The summed E-state index contributed by atoms with van der Waals surface area (Å²) in [5.41, 5.74) is 7.26. The second-order valence-corrected chi connectivity index (χ2v) is 5.46. The second kappa shape index (κ2) is 7.07. The topological polar surface area (TPSA) is 47.7 Å². The molecule has 1 fully saturated rings. The quantitative estimate of drug-likeness (QED) is 0.897. The highest BCUT2D eigenvalue weighted by molar-refractivity contribution is 5.29. The molecule has 1 heterocycles. The zero-order chi connectivity index (χ0) is 14.5. The molecule has 4 heteroatoms. The van der Waals surface area contributed by atoms with E-state index >= 15 is 0 Å². The van der Waals surface area contributed by atoms with Crippen LogP contribution in [0, 0.1) is 0 Å². The van der Waals surface area contributed by atoms with E-state index in [1.165, 1.54) is 5.56 Å². The Morgan fingerprint density at radius 3 is 2.35 bits per heavy atom. The Kier molecular flexibility index (Phi) is 5.40. The van der Waals surface area contributed by atoms with E-state index in [4.69, 9.17) is 15.2 Å². The SMILES string of the molecule is CCOc1ccc([C@H](CN)N2C[C@@H](C)O[C@H](C)C2)cc1. The number of nitrogens with two attached hydrogens (primary N) is 1. The van der Waals surface area contributed by atoms with Crippen LogP contribution in [0.5, 0.6) is 5.75 Å². The third kappa shape index (κ3) is 3.72. The van der Waals surface area contributed by atoms with Crippen molar-refractivity contribution in [1.82, 2.24) is 4.90 Å². The van der Waals surface area contributed by atoms with Crippen molar-refractivity contribution in [3.05, 3.63) is 29.8 Å². The van der Waals surface area contributed by atoms with Gasteiger partial charge in [0.2, 0.25) is 0 Å². The second-order valence-electron chi connectivity index (χ2n) is 5.46. The lowest BCUT2D eigenvalue weighted by molar-refractivity contribution is -0.0799. The molecule has 20 heavy (non-hydrogen) atoms. The van der Waals surface area contributed by atoms with Crippen molar-refractivity contribution in [2.75, 3.05) is 26.2 Å². The van der Waals surface area contributed by atoms with Gasteiger partial charge >= 0.3 is 0 Å². The van der Waals surface area contributed by atoms with E-state index in [0.29, 0.717) is 13.2 Å². The lowest BCUT2D eigenvalue weighted by atomic mass is 10.0. The molecule has 1 aliphatic heterocycles. The van der Waals surface area contributed by atoms with E-state index in [1.54, 1.807) is 0 Å². The molecule has 2 rings (SSSR count). The zero-order valence-corrected chi connectivity index (χ0v) is 12.7. The largest absolute Gasteiger partial charge is 0.494 e. The number of benzene rings is 1. The Labute approximate surface area is 121 Å². The van der Waals surface area contributed by atoms with Crippen molar-refractivity contribution in [1.29, 1.82) is 0 Å². The molecule has 0 spiro atoms. The van der Waals surface area contributed by atoms with Crippen LogP contribution in [0.2, 0.25) is 0 Å². The van der Waals surface area contributed by atoms with Crippen LogP contribution in [0.1, 0.15) is 32.4 Å². The summed E-state index contributed by atoms with van der Waals surface area (Å²) >= 11 is 0. The molecule has 0 radical (unpaired) electrons. The maximum absolute atomic E-state index is 6.01. The number of hydrogen-bond donors (Lipinski definition) is 1. The van der Waals surface area contributed by atoms with Gasteiger partial charge in [-0.1, -0.05) is 12.1 Å². The van der Waals surface area contributed by atoms with Crippen molar-refractivity contribution >= 4 is 0 Å². The normalized spacial score (nSPS) is 25.4. The minimum atomic E-state index is 0.250. The first-order valence-electron chi connectivity index (χ1n) is 7.46. The molecule has 2 N–H and O–H groups in total. The van der Waals surface area contributed by atoms with E-state index in [2.05, 4.69) is 30.9 Å². The van der Waals surface area contributed by atoms with E-state index in [0.717, 1.165) is 18.8 Å². The van der Waals surface area contributed by atoms with Gasteiger partial charge in [0.05, 0.1) is 18.8 Å². The van der Waals surface area contributed by atoms with Gasteiger partial charge in [-0.05, 0) is 38.5 Å². The summed E-state index contributed by atoms with van der Waals surface area (Å²) in [5.74, 6) is 0.913. The van der Waals surface area contributed by atoms with Gasteiger partial charge in [0.25, 0.3) is 0 Å². The van der Waals surface area contributed by atoms with Crippen LogP contribution in [0.3, 0.4) is 0 Å². The summed E-state index contributed by atoms with van der Waals surface area (Å²) in [7, 11) is 0. The van der Waals surface area contributed by atoms with E-state index in [9.17, 15) is 0 Å². The molecule has 4 nitrogen and oxygen atoms in total. The monoisotopic (exact) mass is 278 g/mol. The highest BCUT2D eigenvalue weighted by atomic mass is 16.5. The van der Waals surface area contributed by atoms with Crippen LogP contribution >= 0.6 is 0 Å². The number of nitrogens with zero attached hydrogens (tertiary/aromatic N) is 1. The van der Waals surface area contributed by atoms with Crippen molar-refractivity contribution in [3.63, 3.8) is 0 Å². The lowest BCUT2D eigenvalue weighted by Gasteiger charge is -2.40. The smallest absolute Gasteiger partial charge is 0.119 e. The Morgan fingerprint density at radius 1 is 1.25 bits per heavy atom. The predicted molar refractivity (Wildman–Crippen MR) is 81.0 cm³/mol. The number of morpholine rings is 1. The molecule has 0 saturated carbocycles. The average Bonchev–Trinajstić information content (AvgIpc) is 2.41. The summed E-state index contributed by atoms with van der Waals surface area (Å²) in [4.78, 5) is 2.43. The fraction of sp³-hybridized carbons (Fsp3) is 0.625. The minimum Gasteiger partial charge on any atom is -0.494 e. The summed E-state index contributed by atoms with van der Waals surface area (Å²) < 4.78 is 11.3. The highest BCUT2D eigenvalue weighted by Crippen LogP contribution is 2.25. The fourth-order valence-corrected chi connectivity index (χ4v) is 2.92. The van der Waals surface area contributed by atoms with Crippen molar-refractivity contribution < 1.29 is 9.47 Å². The standard InChI is InChI=1S/C16H26N2O2/c1-4-19-15-7-5-14(6-8-15)16(9-17)18-10-12(2)20-13(3)11-18/h5-8,12-13,16H,4,9-11,17H2,1-3H3/t12-,13-,16+/m1/s1. The number of ether oxygens (including phenoxy) is 2. The molecular weight excluding hydrogens is 252 g/mol. The molecule has 1 saturated heterocycles. The number of hydrogen-bond acceptors (Lipinski definition) is 4. The van der Waals surface area contributed by atoms with E-state index in [-0.39, 0.29) is 18.2 Å². The van der Waals surface area contributed by atoms with Crippen LogP contribution in [-0.4, -0.2) is 43.3 Å². The molecular formula is C16H26N2O2. The number of rotatable bonds is 5. The minimum absolute atomic E-state index is 0.250. The van der Waals surface area contributed by atoms with Crippen molar-refractivity contribution in [2.24, 2.45) is 5.73 Å². The van der Waals surface area contributed by atoms with Gasteiger partial charge in [-0.3, -0.25) is 4.90 Å². The fourth-order valence-electron chi connectivity index (χ4n) is 2.92. The van der Waals surface area contributed by atoms with Crippen LogP contribution in [0.25, 0.3) is 0 Å². The Hall–Kier alpha value is -1.10. The van der Waals surface area contributed by atoms with Gasteiger partial charge in [-0.15, -0.1) is 0 Å². The molecule has 1 aromatic rings. The predicted octanol–water partition coefficient (Wildman–Crippen LogP) is 2.19. The summed E-state index contributed by atoms with van der Waals surface area (Å²) in [6.07, 6.45) is 0.519. The molecule has 1 aromatic carbocycles. The first kappa shape index (κ1) is 15.3. The average molecular weight is 278 g/mol. The molecule has 0 bridgehead atoms. The van der Waals surface area contributed by atoms with Crippen LogP contribution in [-0.2, 0) is 4.74 Å². The first-order chi connectivity index (χ1) is 9.63. The Morgan fingerprint density at radius 2 is 1.85 bits per heavy atom. The molecule has 112 valence electrons. The van der Waals surface area contributed by atoms with Crippen molar-refractivity contribution in [2.45, 2.75) is 39.0 Å². The van der Waals surface area contributed by atoms with Gasteiger partial charge in [0.15, 0.2) is 0 Å². The van der Waals surface area contributed by atoms with Gasteiger partial charge in [0.1, 0.15) is 5.75 Å². The molecule has 0 aliphatic carbocycles. The Bertz CT molecular complexity index is 397. The molecule has 0 unspecified atom stereocenters. The summed E-state index contributed by atoms with van der Waals surface area (Å²) in [5, 5.41) is 0. The maximum atomic E-state index is 6.01. The van der Waals surface area contributed by atoms with Gasteiger partial charge in [0, 0.05) is 25.7 Å². The van der Waals surface area contributed by atoms with Crippen LogP contribution < -0.4 is 10.5 Å². The van der Waals surface area contributed by atoms with Crippen LogP contribution in [0.15, 0.2) is 24.3 Å². The third-order valence-electron chi connectivity index (χ3n) is 3.69. The first-order valence-corrected chi connectivity index (χ1v) is 7.46. The molecule has 1 aliphatic rings. The summed E-state index contributed by atoms with van der Waals surface area (Å²) in [6, 6.07) is 8.53. The third-order valence-corrected chi connectivity index (χ3v) is 3.69. The van der Waals surface area contributed by atoms with Crippen LogP contribution in [0.4, 0.5) is 0 Å². The van der Waals surface area contributed by atoms with Crippen molar-refractivity contribution in [3.8, 4) is 5.75 Å². The van der Waals surface area contributed by atoms with E-state index in [1.807, 2.05) is 19.1 Å².